The van der Waals surface area contributed by atoms with E-state index >= 15 is 0 Å². The van der Waals surface area contributed by atoms with Crippen LogP contribution in [0.3, 0.4) is 0 Å². The number of hydrogen-bond acceptors (Lipinski definition) is 8. The Hall–Kier alpha value is 2.01. The largest absolute Gasteiger partial charge is 4.00 e. The van der Waals surface area contributed by atoms with E-state index in [4.69, 9.17) is 0 Å². The summed E-state index contributed by atoms with van der Waals surface area (Å²) < 4.78 is 0. The second kappa shape index (κ2) is 13.0. The smallest absolute Gasteiger partial charge is 0.825 e. The molecule has 0 fully saturated rings. The van der Waals surface area contributed by atoms with Crippen LogP contribution in [0.1, 0.15) is 0 Å². The maximum atomic E-state index is 10.1. The minimum atomic E-state index is -3.50. The van der Waals surface area contributed by atoms with Gasteiger partial charge in [0.1, 0.15) is 0 Å². The van der Waals surface area contributed by atoms with E-state index in [2.05, 4.69) is 36.8 Å². The third-order valence-electron chi connectivity index (χ3n) is 0.701. The molecular weight excluding hydrogens is 422 g/mol. The van der Waals surface area contributed by atoms with Crippen molar-refractivity contribution in [2.45, 2.75) is 0 Å². The van der Waals surface area contributed by atoms with Crippen molar-refractivity contribution in [1.82, 2.24) is 0 Å². The van der Waals surface area contributed by atoms with E-state index in [0.29, 0.717) is 11.5 Å². The third kappa shape index (κ3) is 32.0. The summed E-state index contributed by atoms with van der Waals surface area (Å²) >= 11 is 9.59. The number of rotatable bonds is 6. The van der Waals surface area contributed by atoms with Crippen molar-refractivity contribution >= 4 is 57.8 Å². The van der Waals surface area contributed by atoms with Crippen LogP contribution >= 0.6 is 34.2 Å². The van der Waals surface area contributed by atoms with Gasteiger partial charge in [-0.25, -0.2) is 0 Å². The fraction of sp³-hybridized carbons (Fsp3) is 0.333. The molecule has 0 rings (SSSR count). The summed E-state index contributed by atoms with van der Waals surface area (Å²) in [5.41, 5.74) is -7.01. The predicted octanol–water partition coefficient (Wildman–Crippen LogP) is -0.301. The monoisotopic (exact) mass is 434 g/mol. The molecule has 4 nitrogen and oxygen atoms in total. The predicted molar refractivity (Wildman–Crippen MR) is 73.9 cm³/mol. The van der Waals surface area contributed by atoms with Crippen LogP contribution in [-0.4, -0.2) is 11.5 Å². The fourth-order valence-corrected chi connectivity index (χ4v) is 3.69. The minimum absolute atomic E-state index is 0. The standard InChI is InChI=1S/2C3H7O2PS2.Mo/c2*1-2-3-8-6(4,5)7;/h2*2H,1,3H2,(H2,4,5,7);/q;;+4/p-4. The first-order valence-electron chi connectivity index (χ1n) is 3.67. The molecule has 0 atom stereocenters. The van der Waals surface area contributed by atoms with Gasteiger partial charge in [0.15, 0.2) is 0 Å². The van der Waals surface area contributed by atoms with Gasteiger partial charge in [-0.1, -0.05) is 12.2 Å². The van der Waals surface area contributed by atoms with Crippen molar-refractivity contribution in [3.63, 3.8) is 0 Å². The summed E-state index contributed by atoms with van der Waals surface area (Å²) in [6, 6.07) is 0. The molecule has 17 heavy (non-hydrogen) atoms. The molecule has 0 saturated carbocycles. The van der Waals surface area contributed by atoms with Crippen molar-refractivity contribution in [2.24, 2.45) is 0 Å². The first-order valence-corrected chi connectivity index (χ1v) is 12.1. The van der Waals surface area contributed by atoms with Gasteiger partial charge in [-0.2, -0.15) is 34.2 Å². The van der Waals surface area contributed by atoms with E-state index in [-0.39, 0.29) is 21.1 Å². The van der Waals surface area contributed by atoms with Gasteiger partial charge in [0, 0.05) is 11.5 Å². The topological polar surface area (TPSA) is 92.2 Å². The summed E-state index contributed by atoms with van der Waals surface area (Å²) in [6.45, 7) is 6.67. The van der Waals surface area contributed by atoms with Gasteiger partial charge in [-0.3, -0.25) is 0 Å². The molecule has 0 spiro atoms. The van der Waals surface area contributed by atoms with Gasteiger partial charge in [0.25, 0.3) is 0 Å². The van der Waals surface area contributed by atoms with Crippen LogP contribution in [-0.2, 0) is 44.7 Å². The van der Waals surface area contributed by atoms with Crippen LogP contribution in [0.2, 0.25) is 0 Å². The van der Waals surface area contributed by atoms with Crippen LogP contribution in [0.15, 0.2) is 25.3 Å². The zero-order valence-corrected chi connectivity index (χ0v) is 15.6. The Kier molecular flexibility index (Phi) is 18.4. The quantitative estimate of drug-likeness (QED) is 0.321. The third-order valence-corrected chi connectivity index (χ3v) is 6.79. The van der Waals surface area contributed by atoms with Crippen molar-refractivity contribution < 1.29 is 40.6 Å². The summed E-state index contributed by atoms with van der Waals surface area (Å²) in [4.78, 5) is 40.6. The Morgan fingerprint density at radius 2 is 1.12 bits per heavy atom. The van der Waals surface area contributed by atoms with Crippen molar-refractivity contribution in [2.75, 3.05) is 11.5 Å². The zero-order valence-electron chi connectivity index (χ0n) is 8.55. The van der Waals surface area contributed by atoms with E-state index in [0.717, 1.165) is 22.8 Å². The van der Waals surface area contributed by atoms with Crippen molar-refractivity contribution in [3.05, 3.63) is 25.3 Å². The molecule has 0 radical (unpaired) electrons. The van der Waals surface area contributed by atoms with Crippen LogP contribution in [0.5, 0.6) is 0 Å². The van der Waals surface area contributed by atoms with Crippen molar-refractivity contribution in [3.8, 4) is 0 Å². The SMILES string of the molecule is C=CCSP([O-])([O-])=S.C=CCSP([O-])([O-])=S.[Mo+4]. The Bertz CT molecular complexity index is 272. The molecule has 0 heterocycles. The van der Waals surface area contributed by atoms with Gasteiger partial charge < -0.3 is 19.6 Å². The van der Waals surface area contributed by atoms with Crippen LogP contribution in [0, 0.1) is 0 Å². The molecule has 0 aliphatic heterocycles. The van der Waals surface area contributed by atoms with E-state index in [9.17, 15) is 19.6 Å². The molecule has 0 aromatic rings. The molecular formula is C6H10MoO4P2S4. The van der Waals surface area contributed by atoms with Crippen molar-refractivity contribution in [1.29, 1.82) is 0 Å². The fourth-order valence-electron chi connectivity index (χ4n) is 0.288. The Morgan fingerprint density at radius 3 is 1.18 bits per heavy atom. The Morgan fingerprint density at radius 1 is 0.882 bits per heavy atom. The minimum Gasteiger partial charge on any atom is -0.825 e. The average molecular weight is 432 g/mol. The molecule has 0 unspecified atom stereocenters. The van der Waals surface area contributed by atoms with Gasteiger partial charge in [0.05, 0.1) is 0 Å². The first kappa shape index (κ1) is 24.1. The summed E-state index contributed by atoms with van der Waals surface area (Å²) in [5.74, 6) is 0.758. The van der Waals surface area contributed by atoms with Gasteiger partial charge in [-0.15, -0.1) is 36.8 Å². The summed E-state index contributed by atoms with van der Waals surface area (Å²) in [6.07, 6.45) is 3.00. The molecule has 0 aromatic heterocycles. The maximum absolute atomic E-state index is 10.1. The van der Waals surface area contributed by atoms with Crippen LogP contribution in [0.25, 0.3) is 0 Å². The molecule has 0 aliphatic carbocycles. The van der Waals surface area contributed by atoms with E-state index in [1.165, 1.54) is 12.2 Å². The van der Waals surface area contributed by atoms with E-state index in [1.54, 1.807) is 0 Å². The molecule has 11 heteroatoms. The maximum Gasteiger partial charge on any atom is 4.00 e. The summed E-state index contributed by atoms with van der Waals surface area (Å²) in [5, 5.41) is 0. The van der Waals surface area contributed by atoms with E-state index in [1.807, 2.05) is 0 Å². The second-order valence-corrected chi connectivity index (χ2v) is 13.7. The Balaban J connectivity index is -0.000000218. The molecule has 0 amide bonds. The number of hydrogen-bond donors (Lipinski definition) is 0. The van der Waals surface area contributed by atoms with Gasteiger partial charge in [-0.05, 0) is 0 Å². The van der Waals surface area contributed by atoms with Gasteiger partial charge >= 0.3 is 21.1 Å². The second-order valence-electron chi connectivity index (χ2n) is 2.06. The molecule has 0 N–H and O–H groups in total. The first-order chi connectivity index (χ1) is 7.12. The van der Waals surface area contributed by atoms with Crippen LogP contribution in [0.4, 0.5) is 0 Å². The van der Waals surface area contributed by atoms with E-state index < -0.39 is 11.4 Å². The Labute approximate surface area is 134 Å². The molecule has 0 saturated heterocycles. The molecule has 0 aliphatic rings. The molecule has 0 aromatic carbocycles. The average Bonchev–Trinajstić information content (AvgIpc) is 2.10. The zero-order chi connectivity index (χ0) is 13.2. The summed E-state index contributed by atoms with van der Waals surface area (Å²) in [7, 11) is 0. The molecule has 0 bridgehead atoms. The van der Waals surface area contributed by atoms with Gasteiger partial charge in [0.2, 0.25) is 0 Å². The molecule has 98 valence electrons. The van der Waals surface area contributed by atoms with Crippen LogP contribution < -0.4 is 19.6 Å². The normalized spacial score (nSPS) is 10.6.